The van der Waals surface area contributed by atoms with Gasteiger partial charge in [-0.3, -0.25) is 4.90 Å². The summed E-state index contributed by atoms with van der Waals surface area (Å²) in [4.78, 5) is 36.3. The van der Waals surface area contributed by atoms with Crippen LogP contribution in [0.15, 0.2) is 30.3 Å². The van der Waals surface area contributed by atoms with Gasteiger partial charge in [0, 0.05) is 0 Å². The van der Waals surface area contributed by atoms with Crippen molar-refractivity contribution in [3.05, 3.63) is 35.9 Å². The van der Waals surface area contributed by atoms with Crippen LogP contribution < -0.4 is 0 Å². The minimum Gasteiger partial charge on any atom is -0.464 e. The van der Waals surface area contributed by atoms with Crippen LogP contribution in [0.1, 0.15) is 19.4 Å². The molecule has 27 heavy (non-hydrogen) atoms. The molecule has 1 aliphatic heterocycles. The van der Waals surface area contributed by atoms with Gasteiger partial charge in [-0.25, -0.2) is 14.4 Å². The van der Waals surface area contributed by atoms with Crippen LogP contribution in [0.25, 0.3) is 0 Å². The van der Waals surface area contributed by atoms with Crippen LogP contribution >= 0.6 is 0 Å². The Morgan fingerprint density at radius 2 is 1.63 bits per heavy atom. The average Bonchev–Trinajstić information content (AvgIpc) is 3.33. The Bertz CT molecular complexity index is 708. The summed E-state index contributed by atoms with van der Waals surface area (Å²) in [6.07, 6.45) is -6.73. The maximum absolute atomic E-state index is 13.7. The molecular formula is C17H18F3NO6. The zero-order chi connectivity index (χ0) is 20.2. The molecule has 1 amide bonds. The predicted octanol–water partition coefficient (Wildman–Crippen LogP) is 2.43. The molecule has 0 radical (unpaired) electrons. The lowest BCUT2D eigenvalue weighted by Crippen LogP contribution is -2.48. The van der Waals surface area contributed by atoms with Gasteiger partial charge >= 0.3 is 24.2 Å². The third kappa shape index (κ3) is 3.69. The van der Waals surface area contributed by atoms with E-state index in [9.17, 15) is 27.6 Å². The van der Waals surface area contributed by atoms with Crippen molar-refractivity contribution in [2.75, 3.05) is 13.2 Å². The van der Waals surface area contributed by atoms with Gasteiger partial charge in [0.15, 0.2) is 6.04 Å². The molecule has 1 aromatic carbocycles. The highest BCUT2D eigenvalue weighted by atomic mass is 19.4. The van der Waals surface area contributed by atoms with Crippen LogP contribution in [-0.4, -0.2) is 53.9 Å². The number of alkyl halides is 3. The van der Waals surface area contributed by atoms with E-state index in [-0.39, 0.29) is 24.7 Å². The molecule has 148 valence electrons. The lowest BCUT2D eigenvalue weighted by atomic mass is 10.0. The van der Waals surface area contributed by atoms with Crippen LogP contribution in [0, 0.1) is 0 Å². The SMILES string of the molecule is CCOC(=O)[C@H]1N(C(=O)OCc2ccccc2)[C@]1(C(=O)OCC)C(F)(F)F. The van der Waals surface area contributed by atoms with E-state index < -0.39 is 35.8 Å². The van der Waals surface area contributed by atoms with Crippen molar-refractivity contribution in [1.82, 2.24) is 4.90 Å². The molecule has 7 nitrogen and oxygen atoms in total. The first-order chi connectivity index (χ1) is 12.7. The summed E-state index contributed by atoms with van der Waals surface area (Å²) in [7, 11) is 0. The van der Waals surface area contributed by atoms with E-state index in [4.69, 9.17) is 4.74 Å². The number of halogens is 3. The Morgan fingerprint density at radius 3 is 2.15 bits per heavy atom. The van der Waals surface area contributed by atoms with Gasteiger partial charge in [-0.15, -0.1) is 0 Å². The first kappa shape index (κ1) is 20.5. The maximum atomic E-state index is 13.7. The Balaban J connectivity index is 2.30. The average molecular weight is 389 g/mol. The fraction of sp³-hybridized carbons (Fsp3) is 0.471. The second-order valence-corrected chi connectivity index (χ2v) is 5.55. The minimum atomic E-state index is -5.26. The van der Waals surface area contributed by atoms with E-state index in [1.807, 2.05) is 0 Å². The van der Waals surface area contributed by atoms with Gasteiger partial charge in [-0.2, -0.15) is 13.2 Å². The highest BCUT2D eigenvalue weighted by molar-refractivity contribution is 6.04. The number of rotatable bonds is 6. The number of carbonyl (C=O) groups excluding carboxylic acids is 3. The van der Waals surface area contributed by atoms with Gasteiger partial charge in [0.1, 0.15) is 6.61 Å². The highest BCUT2D eigenvalue weighted by Crippen LogP contribution is 2.54. The number of carbonyl (C=O) groups is 3. The summed E-state index contributed by atoms with van der Waals surface area (Å²) >= 11 is 0. The fourth-order valence-corrected chi connectivity index (χ4v) is 2.69. The molecule has 0 aromatic heterocycles. The normalized spacial score (nSPS) is 21.4. The number of nitrogens with zero attached hydrogens (tertiary/aromatic N) is 1. The van der Waals surface area contributed by atoms with Crippen LogP contribution in [-0.2, 0) is 30.4 Å². The molecule has 2 atom stereocenters. The molecule has 0 saturated carbocycles. The summed E-state index contributed by atoms with van der Waals surface area (Å²) in [6, 6.07) is 6.02. The third-order valence-corrected chi connectivity index (χ3v) is 3.90. The first-order valence-electron chi connectivity index (χ1n) is 8.12. The van der Waals surface area contributed by atoms with Crippen molar-refractivity contribution >= 4 is 18.0 Å². The zero-order valence-corrected chi connectivity index (χ0v) is 14.6. The molecule has 0 bridgehead atoms. The third-order valence-electron chi connectivity index (χ3n) is 3.90. The lowest BCUT2D eigenvalue weighted by Gasteiger charge is -2.18. The Hall–Kier alpha value is -2.78. The molecule has 1 aliphatic rings. The molecule has 0 spiro atoms. The van der Waals surface area contributed by atoms with Crippen molar-refractivity contribution in [3.8, 4) is 0 Å². The monoisotopic (exact) mass is 389 g/mol. The second kappa shape index (κ2) is 7.85. The molecule has 0 unspecified atom stereocenters. The quantitative estimate of drug-likeness (QED) is 0.422. The number of hydrogen-bond donors (Lipinski definition) is 0. The van der Waals surface area contributed by atoms with E-state index in [1.54, 1.807) is 30.3 Å². The van der Waals surface area contributed by atoms with Crippen LogP contribution in [0.3, 0.4) is 0 Å². The smallest absolute Gasteiger partial charge is 0.425 e. The van der Waals surface area contributed by atoms with Gasteiger partial charge in [-0.05, 0) is 19.4 Å². The lowest BCUT2D eigenvalue weighted by molar-refractivity contribution is -0.195. The summed E-state index contributed by atoms with van der Waals surface area (Å²) < 4.78 is 55.1. The molecule has 1 heterocycles. The van der Waals surface area contributed by atoms with Crippen molar-refractivity contribution in [2.45, 2.75) is 38.2 Å². The summed E-state index contributed by atoms with van der Waals surface area (Å²) in [5, 5.41) is 0. The minimum absolute atomic E-state index is 0.0198. The fourth-order valence-electron chi connectivity index (χ4n) is 2.69. The number of esters is 2. The predicted molar refractivity (Wildman–Crippen MR) is 84.3 cm³/mol. The van der Waals surface area contributed by atoms with Gasteiger partial charge in [0.05, 0.1) is 13.2 Å². The van der Waals surface area contributed by atoms with E-state index in [2.05, 4.69) is 9.47 Å². The number of benzene rings is 1. The zero-order valence-electron chi connectivity index (χ0n) is 14.6. The molecule has 1 aromatic rings. The Labute approximate surface area is 153 Å². The number of hydrogen-bond acceptors (Lipinski definition) is 6. The van der Waals surface area contributed by atoms with Crippen LogP contribution in [0.2, 0.25) is 0 Å². The van der Waals surface area contributed by atoms with Crippen molar-refractivity contribution in [3.63, 3.8) is 0 Å². The Kier molecular flexibility index (Phi) is 5.97. The number of ether oxygens (including phenoxy) is 3. The van der Waals surface area contributed by atoms with Gasteiger partial charge in [0.2, 0.25) is 0 Å². The second-order valence-electron chi connectivity index (χ2n) is 5.55. The Morgan fingerprint density at radius 1 is 1.04 bits per heavy atom. The van der Waals surface area contributed by atoms with Gasteiger partial charge in [0.25, 0.3) is 5.54 Å². The summed E-state index contributed by atoms with van der Waals surface area (Å²) in [5.74, 6) is -3.12. The highest BCUT2D eigenvalue weighted by Gasteiger charge is 2.88. The first-order valence-corrected chi connectivity index (χ1v) is 8.12. The topological polar surface area (TPSA) is 81.9 Å². The molecule has 2 rings (SSSR count). The molecule has 0 N–H and O–H groups in total. The van der Waals surface area contributed by atoms with Crippen LogP contribution in [0.4, 0.5) is 18.0 Å². The molecular weight excluding hydrogens is 371 g/mol. The summed E-state index contributed by atoms with van der Waals surface area (Å²) in [5.41, 5.74) is -2.93. The van der Waals surface area contributed by atoms with Crippen molar-refractivity contribution in [2.24, 2.45) is 0 Å². The molecule has 0 aliphatic carbocycles. The van der Waals surface area contributed by atoms with Crippen LogP contribution in [0.5, 0.6) is 0 Å². The van der Waals surface area contributed by atoms with E-state index in [0.29, 0.717) is 5.56 Å². The standard InChI is InChI=1S/C17H18F3NO6/c1-3-25-13(22)12-16(17(18,19)20,14(23)26-4-2)21(12)15(24)27-10-11-8-6-5-7-9-11/h5-9,12H,3-4,10H2,1-2H3/t12-,16-,21?/m1/s1. The summed E-state index contributed by atoms with van der Waals surface area (Å²) in [6.45, 7) is 1.78. The van der Waals surface area contributed by atoms with Gasteiger partial charge < -0.3 is 14.2 Å². The molecule has 10 heteroatoms. The van der Waals surface area contributed by atoms with E-state index in [1.165, 1.54) is 13.8 Å². The van der Waals surface area contributed by atoms with E-state index >= 15 is 0 Å². The van der Waals surface area contributed by atoms with Gasteiger partial charge in [-0.1, -0.05) is 30.3 Å². The largest absolute Gasteiger partial charge is 0.464 e. The number of amides is 1. The van der Waals surface area contributed by atoms with E-state index in [0.717, 1.165) is 0 Å². The van der Waals surface area contributed by atoms with Crippen molar-refractivity contribution < 1.29 is 41.8 Å². The maximum Gasteiger partial charge on any atom is 0.425 e. The molecule has 1 fully saturated rings. The van der Waals surface area contributed by atoms with Crippen molar-refractivity contribution in [1.29, 1.82) is 0 Å². The molecule has 1 saturated heterocycles.